The minimum absolute atomic E-state index is 0.166. The zero-order chi connectivity index (χ0) is 21.0. The number of hydrogen-bond donors (Lipinski definition) is 2. The average Bonchev–Trinajstić information content (AvgIpc) is 3.12. The summed E-state index contributed by atoms with van der Waals surface area (Å²) in [6.07, 6.45) is -6.03. The van der Waals surface area contributed by atoms with E-state index in [1.807, 2.05) is 36.1 Å². The van der Waals surface area contributed by atoms with Crippen LogP contribution in [0.4, 0.5) is 13.2 Å². The molecule has 0 bridgehead atoms. The number of aliphatic hydroxyl groups is 2. The van der Waals surface area contributed by atoms with Crippen molar-refractivity contribution in [3.63, 3.8) is 0 Å². The van der Waals surface area contributed by atoms with Gasteiger partial charge in [0.1, 0.15) is 10.7 Å². The van der Waals surface area contributed by atoms with E-state index in [0.717, 1.165) is 23.3 Å². The normalized spacial score (nSPS) is 12.1. The Hall–Kier alpha value is -2.26. The minimum atomic E-state index is -4.39. The van der Waals surface area contributed by atoms with Crippen LogP contribution < -0.4 is 0 Å². The molecule has 4 nitrogen and oxygen atoms in total. The second-order valence-electron chi connectivity index (χ2n) is 6.87. The first-order valence-corrected chi connectivity index (χ1v) is 9.83. The lowest BCUT2D eigenvalue weighted by Gasteiger charge is -2.22. The summed E-state index contributed by atoms with van der Waals surface area (Å²) in [5, 5.41) is 20.7. The van der Waals surface area contributed by atoms with Gasteiger partial charge in [0.2, 0.25) is 0 Å². The molecule has 0 amide bonds. The molecule has 0 saturated heterocycles. The van der Waals surface area contributed by atoms with Crippen molar-refractivity contribution in [2.24, 2.45) is 0 Å². The first-order valence-electron chi connectivity index (χ1n) is 8.95. The van der Waals surface area contributed by atoms with E-state index in [4.69, 9.17) is 0 Å². The van der Waals surface area contributed by atoms with Crippen molar-refractivity contribution in [1.82, 2.24) is 9.88 Å². The molecule has 1 aromatic heterocycles. The first-order chi connectivity index (χ1) is 13.7. The van der Waals surface area contributed by atoms with Crippen LogP contribution in [0.25, 0.3) is 0 Å². The summed E-state index contributed by atoms with van der Waals surface area (Å²) >= 11 is 1.28. The van der Waals surface area contributed by atoms with E-state index < -0.39 is 18.0 Å². The summed E-state index contributed by atoms with van der Waals surface area (Å²) in [7, 11) is 0. The highest BCUT2D eigenvalue weighted by Crippen LogP contribution is 2.30. The van der Waals surface area contributed by atoms with Crippen molar-refractivity contribution < 1.29 is 23.4 Å². The molecule has 3 aromatic rings. The maximum Gasteiger partial charge on any atom is 0.416 e. The Morgan fingerprint density at radius 3 is 2.31 bits per heavy atom. The lowest BCUT2D eigenvalue weighted by atomic mass is 10.1. The van der Waals surface area contributed by atoms with Crippen molar-refractivity contribution in [3.05, 3.63) is 86.9 Å². The molecule has 0 saturated carbocycles. The minimum Gasteiger partial charge on any atom is -0.363 e. The molecule has 0 aliphatic heterocycles. The van der Waals surface area contributed by atoms with Crippen LogP contribution in [0.15, 0.2) is 53.9 Å². The highest BCUT2D eigenvalue weighted by Gasteiger charge is 2.30. The summed E-state index contributed by atoms with van der Waals surface area (Å²) in [6, 6.07) is 13.2. The molecule has 1 heterocycles. The molecule has 0 unspecified atom stereocenters. The van der Waals surface area contributed by atoms with Crippen molar-refractivity contribution in [3.8, 4) is 0 Å². The Bertz CT molecular complexity index is 940. The molecule has 0 atom stereocenters. The third-order valence-corrected chi connectivity index (χ3v) is 5.23. The highest BCUT2D eigenvalue weighted by atomic mass is 32.1. The number of hydrogen-bond acceptors (Lipinski definition) is 5. The molecule has 2 aromatic carbocycles. The van der Waals surface area contributed by atoms with E-state index in [1.54, 1.807) is 11.4 Å². The van der Waals surface area contributed by atoms with Crippen LogP contribution in [0.3, 0.4) is 0 Å². The smallest absolute Gasteiger partial charge is 0.363 e. The lowest BCUT2D eigenvalue weighted by Crippen LogP contribution is -2.22. The topological polar surface area (TPSA) is 56.6 Å². The standard InChI is InChI=1S/C21H21F3N2O2S/c1-14-5-7-15(8-6-14)10-26(12-19-25-18(13-29-19)20(27)28)11-16-3-2-4-17(9-16)21(22,23)24/h2-9,13,20,27-28H,10-12H2,1H3. The van der Waals surface area contributed by atoms with Gasteiger partial charge in [0.25, 0.3) is 0 Å². The van der Waals surface area contributed by atoms with E-state index in [-0.39, 0.29) is 5.69 Å². The molecule has 3 rings (SSSR count). The summed E-state index contributed by atoms with van der Waals surface area (Å²) in [5.74, 6) is 0. The molecule has 0 aliphatic carbocycles. The van der Waals surface area contributed by atoms with Gasteiger partial charge >= 0.3 is 6.18 Å². The largest absolute Gasteiger partial charge is 0.416 e. The Kier molecular flexibility index (Phi) is 6.69. The Labute approximate surface area is 170 Å². The molecule has 0 fully saturated rings. The molecule has 8 heteroatoms. The van der Waals surface area contributed by atoms with Crippen LogP contribution in [0.2, 0.25) is 0 Å². The van der Waals surface area contributed by atoms with Gasteiger partial charge in [-0.25, -0.2) is 4.98 Å². The van der Waals surface area contributed by atoms with Crippen LogP contribution >= 0.6 is 11.3 Å². The van der Waals surface area contributed by atoms with E-state index in [1.165, 1.54) is 17.4 Å². The molecule has 154 valence electrons. The molecular formula is C21H21F3N2O2S. The van der Waals surface area contributed by atoms with Crippen LogP contribution in [0, 0.1) is 6.92 Å². The predicted octanol–water partition coefficient (Wildman–Crippen LogP) is 4.66. The third-order valence-electron chi connectivity index (χ3n) is 4.38. The van der Waals surface area contributed by atoms with Gasteiger partial charge in [-0.3, -0.25) is 4.90 Å². The zero-order valence-corrected chi connectivity index (χ0v) is 16.5. The van der Waals surface area contributed by atoms with E-state index in [0.29, 0.717) is 30.2 Å². The number of aliphatic hydroxyl groups excluding tert-OH is 1. The fraction of sp³-hybridized carbons (Fsp3) is 0.286. The fourth-order valence-corrected chi connectivity index (χ4v) is 3.78. The van der Waals surface area contributed by atoms with E-state index in [9.17, 15) is 23.4 Å². The van der Waals surface area contributed by atoms with E-state index >= 15 is 0 Å². The SMILES string of the molecule is Cc1ccc(CN(Cc2cccc(C(F)(F)F)c2)Cc2nc(C(O)O)cs2)cc1. The van der Waals surface area contributed by atoms with Crippen LogP contribution in [0.5, 0.6) is 0 Å². The van der Waals surface area contributed by atoms with Gasteiger partial charge in [-0.2, -0.15) is 13.2 Å². The molecule has 2 N–H and O–H groups in total. The van der Waals surface area contributed by atoms with Crippen LogP contribution in [-0.4, -0.2) is 20.1 Å². The number of nitrogens with zero attached hydrogens (tertiary/aromatic N) is 2. The van der Waals surface area contributed by atoms with Gasteiger partial charge < -0.3 is 10.2 Å². The number of alkyl halides is 3. The number of aryl methyl sites for hydroxylation is 1. The number of thiazole rings is 1. The van der Waals surface area contributed by atoms with Crippen molar-refractivity contribution in [2.75, 3.05) is 0 Å². The van der Waals surface area contributed by atoms with E-state index in [2.05, 4.69) is 4.98 Å². The first kappa shape index (κ1) is 21.4. The second kappa shape index (κ2) is 9.04. The quantitative estimate of drug-likeness (QED) is 0.544. The summed E-state index contributed by atoms with van der Waals surface area (Å²) in [6.45, 7) is 3.19. The van der Waals surface area contributed by atoms with Gasteiger partial charge in [0, 0.05) is 18.5 Å². The van der Waals surface area contributed by atoms with Gasteiger partial charge in [-0.1, -0.05) is 48.0 Å². The summed E-state index contributed by atoms with van der Waals surface area (Å²) in [5.41, 5.74) is 2.19. The summed E-state index contributed by atoms with van der Waals surface area (Å²) < 4.78 is 39.1. The Balaban J connectivity index is 1.82. The number of rotatable bonds is 7. The van der Waals surface area contributed by atoms with Gasteiger partial charge in [0.05, 0.1) is 12.1 Å². The second-order valence-corrected chi connectivity index (χ2v) is 7.81. The highest BCUT2D eigenvalue weighted by molar-refractivity contribution is 7.09. The van der Waals surface area contributed by atoms with Crippen LogP contribution in [0.1, 0.15) is 39.2 Å². The van der Waals surface area contributed by atoms with Gasteiger partial charge in [-0.05, 0) is 24.1 Å². The lowest BCUT2D eigenvalue weighted by molar-refractivity contribution is -0.137. The Morgan fingerprint density at radius 2 is 1.69 bits per heavy atom. The fourth-order valence-electron chi connectivity index (χ4n) is 2.93. The maximum atomic E-state index is 13.0. The average molecular weight is 422 g/mol. The number of aromatic nitrogens is 1. The molecule has 0 spiro atoms. The van der Waals surface area contributed by atoms with Crippen molar-refractivity contribution in [2.45, 2.75) is 39.0 Å². The molecular weight excluding hydrogens is 401 g/mol. The molecule has 29 heavy (non-hydrogen) atoms. The molecule has 0 aliphatic rings. The van der Waals surface area contributed by atoms with Crippen molar-refractivity contribution >= 4 is 11.3 Å². The molecule has 0 radical (unpaired) electrons. The monoisotopic (exact) mass is 422 g/mol. The Morgan fingerprint density at radius 1 is 1.00 bits per heavy atom. The summed E-state index contributed by atoms with van der Waals surface area (Å²) in [4.78, 5) is 6.18. The number of benzene rings is 2. The maximum absolute atomic E-state index is 13.0. The van der Waals surface area contributed by atoms with Gasteiger partial charge in [0.15, 0.2) is 6.29 Å². The number of halogens is 3. The zero-order valence-electron chi connectivity index (χ0n) is 15.7. The third kappa shape index (κ3) is 6.11. The van der Waals surface area contributed by atoms with Crippen molar-refractivity contribution in [1.29, 1.82) is 0 Å². The van der Waals surface area contributed by atoms with Gasteiger partial charge in [-0.15, -0.1) is 11.3 Å². The predicted molar refractivity (Wildman–Crippen MR) is 105 cm³/mol. The van der Waals surface area contributed by atoms with Crippen LogP contribution in [-0.2, 0) is 25.8 Å².